The van der Waals surface area contributed by atoms with Crippen LogP contribution in [0.4, 0.5) is 0 Å². The van der Waals surface area contributed by atoms with Gasteiger partial charge in [0.1, 0.15) is 12.3 Å². The van der Waals surface area contributed by atoms with E-state index < -0.39 is 0 Å². The van der Waals surface area contributed by atoms with E-state index in [1.165, 1.54) is 0 Å². The summed E-state index contributed by atoms with van der Waals surface area (Å²) in [6.07, 6.45) is 1.92. The van der Waals surface area contributed by atoms with Crippen LogP contribution in [-0.4, -0.2) is 30.9 Å². The summed E-state index contributed by atoms with van der Waals surface area (Å²) in [6, 6.07) is 13.8. The highest BCUT2D eigenvalue weighted by atomic mass is 16.7. The molecule has 1 amide bonds. The predicted octanol–water partition coefficient (Wildman–Crippen LogP) is 3.47. The molecule has 0 spiro atoms. The fourth-order valence-electron chi connectivity index (χ4n) is 3.39. The summed E-state index contributed by atoms with van der Waals surface area (Å²) in [4.78, 5) is 12.5. The molecule has 6 nitrogen and oxygen atoms in total. The number of methoxy groups -OCH3 is 1. The Kier molecular flexibility index (Phi) is 4.63. The van der Waals surface area contributed by atoms with Crippen molar-refractivity contribution in [2.45, 2.75) is 25.8 Å². The van der Waals surface area contributed by atoms with E-state index in [-0.39, 0.29) is 24.7 Å². The number of hydrogen-bond donors (Lipinski definition) is 1. The van der Waals surface area contributed by atoms with Crippen molar-refractivity contribution in [2.24, 2.45) is 0 Å². The van der Waals surface area contributed by atoms with Gasteiger partial charge in [0.15, 0.2) is 11.5 Å². The van der Waals surface area contributed by atoms with Crippen molar-refractivity contribution in [3.05, 3.63) is 54.2 Å². The highest BCUT2D eigenvalue weighted by Crippen LogP contribution is 2.36. The van der Waals surface area contributed by atoms with E-state index in [1.54, 1.807) is 7.11 Å². The van der Waals surface area contributed by atoms with Gasteiger partial charge in [-0.25, -0.2) is 0 Å². The Labute approximate surface area is 164 Å². The quantitative estimate of drug-likeness (QED) is 0.711. The van der Waals surface area contributed by atoms with Gasteiger partial charge in [0.05, 0.1) is 7.11 Å². The van der Waals surface area contributed by atoms with Gasteiger partial charge in [0.2, 0.25) is 12.7 Å². The van der Waals surface area contributed by atoms with Crippen molar-refractivity contribution in [3.8, 4) is 17.2 Å². The first-order chi connectivity index (χ1) is 13.5. The second-order valence-corrected chi connectivity index (χ2v) is 7.60. The second-order valence-electron chi connectivity index (χ2n) is 7.60. The highest BCUT2D eigenvalue weighted by Gasteiger charge is 2.24. The maximum Gasteiger partial charge on any atom is 0.239 e. The van der Waals surface area contributed by atoms with Crippen LogP contribution in [-0.2, 0) is 16.8 Å². The van der Waals surface area contributed by atoms with Gasteiger partial charge in [0, 0.05) is 29.1 Å². The third-order valence-electron chi connectivity index (χ3n) is 5.17. The normalized spacial score (nSPS) is 13.0. The molecule has 146 valence electrons. The fourth-order valence-corrected chi connectivity index (χ4v) is 3.39. The van der Waals surface area contributed by atoms with Gasteiger partial charge >= 0.3 is 0 Å². The molecule has 6 heteroatoms. The summed E-state index contributed by atoms with van der Waals surface area (Å²) in [6.45, 7) is 5.25. The molecule has 0 bridgehead atoms. The number of amides is 1. The molecule has 1 aliphatic rings. The molecule has 0 unspecified atom stereocenters. The second kappa shape index (κ2) is 7.11. The van der Waals surface area contributed by atoms with Crippen molar-refractivity contribution in [3.63, 3.8) is 0 Å². The number of carbonyl (C=O) groups excluding carboxylic acids is 1. The van der Waals surface area contributed by atoms with Gasteiger partial charge in [-0.1, -0.05) is 19.9 Å². The summed E-state index contributed by atoms with van der Waals surface area (Å²) in [5.74, 6) is 2.30. The van der Waals surface area contributed by atoms with Crippen LogP contribution in [0.1, 0.15) is 19.4 Å². The van der Waals surface area contributed by atoms with Crippen molar-refractivity contribution in [1.82, 2.24) is 9.88 Å². The highest BCUT2D eigenvalue weighted by molar-refractivity contribution is 5.84. The van der Waals surface area contributed by atoms with Crippen LogP contribution < -0.4 is 19.5 Å². The smallest absolute Gasteiger partial charge is 0.239 e. The zero-order valence-electron chi connectivity index (χ0n) is 16.3. The number of ether oxygens (including phenoxy) is 3. The number of benzene rings is 2. The van der Waals surface area contributed by atoms with Crippen LogP contribution >= 0.6 is 0 Å². The Bertz CT molecular complexity index is 1020. The largest absolute Gasteiger partial charge is 0.497 e. The molecule has 0 saturated carbocycles. The molecule has 2 aromatic carbocycles. The molecule has 28 heavy (non-hydrogen) atoms. The number of aromatic nitrogens is 1. The third-order valence-corrected chi connectivity index (χ3v) is 5.17. The lowest BCUT2D eigenvalue weighted by Crippen LogP contribution is -2.38. The zero-order valence-corrected chi connectivity index (χ0v) is 16.3. The topological polar surface area (TPSA) is 61.7 Å². The van der Waals surface area contributed by atoms with E-state index in [9.17, 15) is 4.79 Å². The molecule has 0 aliphatic carbocycles. The first-order valence-electron chi connectivity index (χ1n) is 9.26. The minimum atomic E-state index is -0.233. The maximum absolute atomic E-state index is 12.5. The van der Waals surface area contributed by atoms with Gasteiger partial charge in [-0.05, 0) is 42.0 Å². The molecule has 0 saturated heterocycles. The molecule has 3 aromatic rings. The number of hydrogen-bond acceptors (Lipinski definition) is 4. The Morgan fingerprint density at radius 3 is 2.79 bits per heavy atom. The van der Waals surface area contributed by atoms with Gasteiger partial charge < -0.3 is 24.1 Å². The van der Waals surface area contributed by atoms with Gasteiger partial charge in [-0.2, -0.15) is 0 Å². The first kappa shape index (κ1) is 18.2. The number of rotatable bonds is 6. The zero-order chi connectivity index (χ0) is 19.7. The number of nitrogens with zero attached hydrogens (tertiary/aromatic N) is 1. The van der Waals surface area contributed by atoms with Crippen LogP contribution in [0.3, 0.4) is 0 Å². The van der Waals surface area contributed by atoms with E-state index in [2.05, 4.69) is 19.2 Å². The standard InChI is InChI=1S/C22H24N2O4/c1-22(2,16-4-7-19-20(11-16)28-14-27-19)13-23-21(25)12-24-9-8-15-10-17(26-3)5-6-18(15)24/h4-11H,12-14H2,1-3H3,(H,23,25). The Balaban J connectivity index is 1.41. The molecule has 0 radical (unpaired) electrons. The summed E-state index contributed by atoms with van der Waals surface area (Å²) in [5.41, 5.74) is 1.87. The molecule has 2 heterocycles. The monoisotopic (exact) mass is 380 g/mol. The van der Waals surface area contributed by atoms with Crippen LogP contribution in [0.2, 0.25) is 0 Å². The predicted molar refractivity (Wildman–Crippen MR) is 107 cm³/mol. The minimum Gasteiger partial charge on any atom is -0.497 e. The lowest BCUT2D eigenvalue weighted by atomic mass is 9.84. The first-order valence-corrected chi connectivity index (χ1v) is 9.26. The number of nitrogens with one attached hydrogen (secondary N) is 1. The van der Waals surface area contributed by atoms with Crippen LogP contribution in [0.15, 0.2) is 48.7 Å². The Morgan fingerprint density at radius 1 is 1.14 bits per heavy atom. The van der Waals surface area contributed by atoms with Gasteiger partial charge in [-0.3, -0.25) is 4.79 Å². The van der Waals surface area contributed by atoms with Crippen LogP contribution in [0.25, 0.3) is 10.9 Å². The van der Waals surface area contributed by atoms with E-state index in [1.807, 2.05) is 53.2 Å². The molecule has 1 N–H and O–H groups in total. The summed E-state index contributed by atoms with van der Waals surface area (Å²) in [7, 11) is 1.65. The molecular formula is C22H24N2O4. The lowest BCUT2D eigenvalue weighted by molar-refractivity contribution is -0.121. The Hall–Kier alpha value is -3.15. The summed E-state index contributed by atoms with van der Waals surface area (Å²) in [5, 5.41) is 4.11. The SMILES string of the molecule is COc1ccc2c(ccn2CC(=O)NCC(C)(C)c2ccc3c(c2)OCO3)c1. The van der Waals surface area contributed by atoms with Crippen molar-refractivity contribution >= 4 is 16.8 Å². The van der Waals surface area contributed by atoms with E-state index in [0.717, 1.165) is 33.7 Å². The molecule has 1 aliphatic heterocycles. The van der Waals surface area contributed by atoms with Crippen molar-refractivity contribution < 1.29 is 19.0 Å². The van der Waals surface area contributed by atoms with E-state index in [4.69, 9.17) is 14.2 Å². The summed E-state index contributed by atoms with van der Waals surface area (Å²) < 4.78 is 18.0. The average Bonchev–Trinajstić information content (AvgIpc) is 3.32. The molecule has 1 aromatic heterocycles. The Morgan fingerprint density at radius 2 is 1.96 bits per heavy atom. The minimum absolute atomic E-state index is 0.0258. The molecule has 4 rings (SSSR count). The molecule has 0 fully saturated rings. The maximum atomic E-state index is 12.5. The average molecular weight is 380 g/mol. The number of fused-ring (bicyclic) bond motifs is 2. The molecular weight excluding hydrogens is 356 g/mol. The number of carbonyl (C=O) groups is 1. The van der Waals surface area contributed by atoms with E-state index >= 15 is 0 Å². The lowest BCUT2D eigenvalue weighted by Gasteiger charge is -2.26. The van der Waals surface area contributed by atoms with Gasteiger partial charge in [0.25, 0.3) is 0 Å². The van der Waals surface area contributed by atoms with E-state index in [0.29, 0.717) is 6.54 Å². The van der Waals surface area contributed by atoms with Crippen molar-refractivity contribution in [2.75, 3.05) is 20.4 Å². The van der Waals surface area contributed by atoms with Crippen LogP contribution in [0.5, 0.6) is 17.2 Å². The van der Waals surface area contributed by atoms with Gasteiger partial charge in [-0.15, -0.1) is 0 Å². The third kappa shape index (κ3) is 3.50. The van der Waals surface area contributed by atoms with Crippen LogP contribution in [0, 0.1) is 0 Å². The fraction of sp³-hybridized carbons (Fsp3) is 0.318. The molecule has 0 atom stereocenters. The van der Waals surface area contributed by atoms with Crippen molar-refractivity contribution in [1.29, 1.82) is 0 Å². The summed E-state index contributed by atoms with van der Waals surface area (Å²) >= 11 is 0.